The number of nitrogens with one attached hydrogen (secondary N) is 2. The molecule has 1 aromatic rings. The van der Waals surface area contributed by atoms with Gasteiger partial charge in [-0.05, 0) is 43.0 Å². The summed E-state index contributed by atoms with van der Waals surface area (Å²) in [5, 5.41) is 6.34. The highest BCUT2D eigenvalue weighted by atomic mass is 127. The average molecular weight is 529 g/mol. The van der Waals surface area contributed by atoms with E-state index in [9.17, 15) is 12.8 Å². The molecule has 0 spiro atoms. The second-order valence-electron chi connectivity index (χ2n) is 6.42. The minimum Gasteiger partial charge on any atom is -0.381 e. The first-order chi connectivity index (χ1) is 12.9. The molecule has 0 fully saturated rings. The number of rotatable bonds is 12. The van der Waals surface area contributed by atoms with Gasteiger partial charge < -0.3 is 15.4 Å². The van der Waals surface area contributed by atoms with Crippen LogP contribution in [0.15, 0.2) is 23.2 Å². The lowest BCUT2D eigenvalue weighted by Crippen LogP contribution is -2.38. The molecule has 0 aliphatic rings. The van der Waals surface area contributed by atoms with Gasteiger partial charge in [0.25, 0.3) is 0 Å². The summed E-state index contributed by atoms with van der Waals surface area (Å²) >= 11 is 0. The Kier molecular flexibility index (Phi) is 14.5. The molecular weight excluding hydrogens is 496 g/mol. The standard InChI is InChI=1S/C19H32FN3O3S.HI/c1-4-6-11-26-12-7-10-22-19(21-5-2)23-14-17-13-18(20)9-8-16(17)15-27(3,24)25;/h8-9,13H,4-7,10-12,14-15H2,1-3H3,(H2,21,22,23);1H. The minimum absolute atomic E-state index is 0. The summed E-state index contributed by atoms with van der Waals surface area (Å²) in [6, 6.07) is 4.13. The zero-order chi connectivity index (χ0) is 20.1. The summed E-state index contributed by atoms with van der Waals surface area (Å²) < 4.78 is 42.3. The zero-order valence-corrected chi connectivity index (χ0v) is 20.1. The molecule has 0 aliphatic carbocycles. The lowest BCUT2D eigenvalue weighted by atomic mass is 10.1. The van der Waals surface area contributed by atoms with Gasteiger partial charge >= 0.3 is 0 Å². The first-order valence-electron chi connectivity index (χ1n) is 9.40. The Morgan fingerprint density at radius 2 is 1.86 bits per heavy atom. The van der Waals surface area contributed by atoms with Gasteiger partial charge in [0.15, 0.2) is 15.8 Å². The summed E-state index contributed by atoms with van der Waals surface area (Å²) in [6.45, 7) is 7.16. The van der Waals surface area contributed by atoms with Crippen LogP contribution in [-0.2, 0) is 26.9 Å². The molecule has 0 saturated carbocycles. The first-order valence-corrected chi connectivity index (χ1v) is 11.5. The van der Waals surface area contributed by atoms with Gasteiger partial charge in [-0.2, -0.15) is 0 Å². The molecular formula is C19H33FIN3O3S. The Morgan fingerprint density at radius 3 is 2.50 bits per heavy atom. The van der Waals surface area contributed by atoms with E-state index in [-0.39, 0.29) is 36.3 Å². The molecule has 0 unspecified atom stereocenters. The third kappa shape index (κ3) is 12.5. The van der Waals surface area contributed by atoms with E-state index in [2.05, 4.69) is 22.5 Å². The van der Waals surface area contributed by atoms with E-state index in [1.54, 1.807) is 0 Å². The van der Waals surface area contributed by atoms with Crippen LogP contribution in [-0.4, -0.2) is 46.9 Å². The quantitative estimate of drug-likeness (QED) is 0.188. The molecule has 28 heavy (non-hydrogen) atoms. The maximum atomic E-state index is 13.6. The van der Waals surface area contributed by atoms with Gasteiger partial charge in [0, 0.05) is 32.6 Å². The molecule has 9 heteroatoms. The van der Waals surface area contributed by atoms with Gasteiger partial charge in [-0.1, -0.05) is 19.4 Å². The van der Waals surface area contributed by atoms with Gasteiger partial charge in [0.2, 0.25) is 0 Å². The Bertz CT molecular complexity index is 700. The van der Waals surface area contributed by atoms with Crippen molar-refractivity contribution in [3.63, 3.8) is 0 Å². The molecule has 0 bridgehead atoms. The molecule has 0 aromatic heterocycles. The number of unbranched alkanes of at least 4 members (excludes halogenated alkanes) is 1. The zero-order valence-electron chi connectivity index (χ0n) is 17.0. The van der Waals surface area contributed by atoms with Crippen molar-refractivity contribution in [1.29, 1.82) is 0 Å². The molecule has 1 rings (SSSR count). The van der Waals surface area contributed by atoms with Crippen LogP contribution in [0.3, 0.4) is 0 Å². The van der Waals surface area contributed by atoms with E-state index >= 15 is 0 Å². The molecule has 2 N–H and O–H groups in total. The van der Waals surface area contributed by atoms with Crippen molar-refractivity contribution < 1.29 is 17.5 Å². The Hall–Kier alpha value is -0.940. The van der Waals surface area contributed by atoms with Gasteiger partial charge in [0.1, 0.15) is 5.82 Å². The Labute approximate surface area is 185 Å². The second-order valence-corrected chi connectivity index (χ2v) is 8.56. The van der Waals surface area contributed by atoms with Crippen LogP contribution < -0.4 is 10.6 Å². The third-order valence-corrected chi connectivity index (χ3v) is 4.57. The maximum absolute atomic E-state index is 13.6. The van der Waals surface area contributed by atoms with Crippen LogP contribution in [0, 0.1) is 5.82 Å². The van der Waals surface area contributed by atoms with Crippen molar-refractivity contribution in [2.24, 2.45) is 4.99 Å². The van der Waals surface area contributed by atoms with E-state index in [4.69, 9.17) is 4.74 Å². The fourth-order valence-corrected chi connectivity index (χ4v) is 3.25. The largest absolute Gasteiger partial charge is 0.381 e. The van der Waals surface area contributed by atoms with Crippen LogP contribution in [0.4, 0.5) is 4.39 Å². The SMILES string of the molecule is CCCCOCCCNC(=NCc1cc(F)ccc1CS(C)(=O)=O)NCC.I. The minimum atomic E-state index is -3.20. The van der Waals surface area contributed by atoms with Gasteiger partial charge in [-0.25, -0.2) is 17.8 Å². The predicted octanol–water partition coefficient (Wildman–Crippen LogP) is 3.25. The summed E-state index contributed by atoms with van der Waals surface area (Å²) in [5.41, 5.74) is 1.14. The van der Waals surface area contributed by atoms with Gasteiger partial charge in [0.05, 0.1) is 12.3 Å². The van der Waals surface area contributed by atoms with E-state index in [0.29, 0.717) is 36.8 Å². The monoisotopic (exact) mass is 529 g/mol. The Balaban J connectivity index is 0.00000729. The lowest BCUT2D eigenvalue weighted by Gasteiger charge is -2.12. The van der Waals surface area contributed by atoms with Crippen LogP contribution in [0.1, 0.15) is 44.2 Å². The number of hydrogen-bond acceptors (Lipinski definition) is 4. The number of nitrogens with zero attached hydrogens (tertiary/aromatic N) is 1. The fourth-order valence-electron chi connectivity index (χ4n) is 2.40. The van der Waals surface area contributed by atoms with E-state index in [1.807, 2.05) is 6.92 Å². The van der Waals surface area contributed by atoms with E-state index in [0.717, 1.165) is 32.1 Å². The second kappa shape index (κ2) is 15.0. The number of guanidine groups is 1. The molecule has 0 aliphatic heterocycles. The van der Waals surface area contributed by atoms with Crippen LogP contribution in [0.2, 0.25) is 0 Å². The summed E-state index contributed by atoms with van der Waals surface area (Å²) in [6.07, 6.45) is 4.21. The molecule has 162 valence electrons. The first kappa shape index (κ1) is 27.1. The smallest absolute Gasteiger partial charge is 0.191 e. The molecule has 0 amide bonds. The summed E-state index contributed by atoms with van der Waals surface area (Å²) in [5.74, 6) is 0.0808. The summed E-state index contributed by atoms with van der Waals surface area (Å²) in [4.78, 5) is 4.45. The molecule has 6 nitrogen and oxygen atoms in total. The number of hydrogen-bond donors (Lipinski definition) is 2. The number of sulfone groups is 1. The van der Waals surface area contributed by atoms with E-state index in [1.165, 1.54) is 18.2 Å². The van der Waals surface area contributed by atoms with Crippen molar-refractivity contribution in [3.05, 3.63) is 35.1 Å². The van der Waals surface area contributed by atoms with E-state index < -0.39 is 15.7 Å². The molecule has 1 aromatic carbocycles. The highest BCUT2D eigenvalue weighted by Gasteiger charge is 2.10. The topological polar surface area (TPSA) is 79.8 Å². The molecule has 0 saturated heterocycles. The highest BCUT2D eigenvalue weighted by molar-refractivity contribution is 14.0. The van der Waals surface area contributed by atoms with Crippen molar-refractivity contribution in [1.82, 2.24) is 10.6 Å². The average Bonchev–Trinajstić information content (AvgIpc) is 2.59. The maximum Gasteiger partial charge on any atom is 0.191 e. The van der Waals surface area contributed by atoms with Crippen LogP contribution in [0.5, 0.6) is 0 Å². The number of benzene rings is 1. The van der Waals surface area contributed by atoms with Crippen molar-refractivity contribution in [2.75, 3.05) is 32.6 Å². The fraction of sp³-hybridized carbons (Fsp3) is 0.632. The number of ether oxygens (including phenoxy) is 1. The van der Waals surface area contributed by atoms with Gasteiger partial charge in [-0.3, -0.25) is 0 Å². The summed E-state index contributed by atoms with van der Waals surface area (Å²) in [7, 11) is -3.20. The normalized spacial score (nSPS) is 11.8. The van der Waals surface area contributed by atoms with Crippen LogP contribution in [0.25, 0.3) is 0 Å². The Morgan fingerprint density at radius 1 is 1.14 bits per heavy atom. The molecule has 0 heterocycles. The highest BCUT2D eigenvalue weighted by Crippen LogP contribution is 2.15. The van der Waals surface area contributed by atoms with Gasteiger partial charge in [-0.15, -0.1) is 24.0 Å². The van der Waals surface area contributed by atoms with Crippen molar-refractivity contribution in [2.45, 2.75) is 45.4 Å². The molecule has 0 radical (unpaired) electrons. The predicted molar refractivity (Wildman–Crippen MR) is 124 cm³/mol. The molecule has 0 atom stereocenters. The number of halogens is 2. The number of aliphatic imine (C=N–C) groups is 1. The van der Waals surface area contributed by atoms with Crippen LogP contribution >= 0.6 is 24.0 Å². The third-order valence-electron chi connectivity index (χ3n) is 3.74. The van der Waals surface area contributed by atoms with Crippen molar-refractivity contribution in [3.8, 4) is 0 Å². The lowest BCUT2D eigenvalue weighted by molar-refractivity contribution is 0.129. The van der Waals surface area contributed by atoms with Crippen molar-refractivity contribution >= 4 is 39.8 Å².